The number of benzene rings is 1. The minimum absolute atomic E-state index is 0.144. The molecule has 6 heteroatoms. The van der Waals surface area contributed by atoms with Gasteiger partial charge in [0.15, 0.2) is 5.82 Å². The Kier molecular flexibility index (Phi) is 9.15. The van der Waals surface area contributed by atoms with E-state index in [1.807, 2.05) is 0 Å². The molecular formula is C30H41N5O. The highest BCUT2D eigenvalue weighted by Gasteiger charge is 2.17. The van der Waals surface area contributed by atoms with E-state index in [2.05, 4.69) is 65.1 Å². The smallest absolute Gasteiger partial charge is 0.220 e. The number of nitrogens with two attached hydrogens (primary N) is 1. The van der Waals surface area contributed by atoms with Crippen molar-refractivity contribution in [2.45, 2.75) is 97.6 Å². The van der Waals surface area contributed by atoms with Gasteiger partial charge in [-0.05, 0) is 36.8 Å². The Bertz CT molecular complexity index is 1290. The number of aromatic nitrogens is 3. The van der Waals surface area contributed by atoms with Crippen LogP contribution >= 0.6 is 0 Å². The van der Waals surface area contributed by atoms with Crippen LogP contribution in [0.5, 0.6) is 0 Å². The van der Waals surface area contributed by atoms with Gasteiger partial charge >= 0.3 is 0 Å². The van der Waals surface area contributed by atoms with Crippen molar-refractivity contribution < 1.29 is 4.79 Å². The molecule has 0 aliphatic heterocycles. The highest BCUT2D eigenvalue weighted by molar-refractivity contribution is 5.86. The summed E-state index contributed by atoms with van der Waals surface area (Å²) in [4.78, 5) is 21.8. The summed E-state index contributed by atoms with van der Waals surface area (Å²) in [5.74, 6) is 1.73. The van der Waals surface area contributed by atoms with Crippen LogP contribution in [0, 0.1) is 0 Å². The molecule has 1 aliphatic rings. The van der Waals surface area contributed by atoms with Gasteiger partial charge in [0.2, 0.25) is 5.91 Å². The summed E-state index contributed by atoms with van der Waals surface area (Å²) in [6.07, 6.45) is 16.0. The fraction of sp³-hybridized carbons (Fsp3) is 0.500. The Morgan fingerprint density at radius 2 is 1.67 bits per heavy atom. The van der Waals surface area contributed by atoms with Crippen LogP contribution in [0.3, 0.4) is 0 Å². The lowest BCUT2D eigenvalue weighted by Gasteiger charge is -2.12. The van der Waals surface area contributed by atoms with E-state index in [-0.39, 0.29) is 5.91 Å². The summed E-state index contributed by atoms with van der Waals surface area (Å²) in [7, 11) is 0. The zero-order valence-corrected chi connectivity index (χ0v) is 22.0. The zero-order valence-electron chi connectivity index (χ0n) is 22.0. The number of pyridine rings is 1. The Balaban J connectivity index is 1.48. The third-order valence-electron chi connectivity index (χ3n) is 7.03. The van der Waals surface area contributed by atoms with Gasteiger partial charge in [-0.2, -0.15) is 0 Å². The molecule has 192 valence electrons. The van der Waals surface area contributed by atoms with Crippen molar-refractivity contribution in [3.05, 3.63) is 51.8 Å². The highest BCUT2D eigenvalue weighted by atomic mass is 16.1. The molecule has 0 saturated heterocycles. The van der Waals surface area contributed by atoms with Crippen LogP contribution < -0.4 is 21.6 Å². The first kappa shape index (κ1) is 25.9. The predicted octanol–water partition coefficient (Wildman–Crippen LogP) is 4.74. The van der Waals surface area contributed by atoms with Crippen LogP contribution in [0.25, 0.3) is 23.2 Å². The minimum Gasteiger partial charge on any atom is -0.382 e. The first-order chi connectivity index (χ1) is 17.6. The Morgan fingerprint density at radius 1 is 0.944 bits per heavy atom. The number of carbonyl (C=O) groups excluding carboxylic acids is 1. The highest BCUT2D eigenvalue weighted by Crippen LogP contribution is 2.20. The number of rotatable bonds is 13. The van der Waals surface area contributed by atoms with E-state index in [0.29, 0.717) is 18.8 Å². The van der Waals surface area contributed by atoms with Crippen molar-refractivity contribution in [3.63, 3.8) is 0 Å². The van der Waals surface area contributed by atoms with Crippen LogP contribution in [0.4, 0.5) is 5.82 Å². The first-order valence-electron chi connectivity index (χ1n) is 13.8. The second-order valence-electron chi connectivity index (χ2n) is 9.95. The van der Waals surface area contributed by atoms with Gasteiger partial charge in [0, 0.05) is 31.1 Å². The summed E-state index contributed by atoms with van der Waals surface area (Å²) in [5, 5.41) is 5.21. The van der Waals surface area contributed by atoms with Crippen molar-refractivity contribution in [1.82, 2.24) is 19.9 Å². The second kappa shape index (κ2) is 12.7. The lowest BCUT2D eigenvalue weighted by atomic mass is 10.1. The molecule has 0 spiro atoms. The number of hydrogen-bond acceptors (Lipinski definition) is 4. The lowest BCUT2D eigenvalue weighted by molar-refractivity contribution is -0.121. The van der Waals surface area contributed by atoms with Gasteiger partial charge in [-0.3, -0.25) is 4.79 Å². The van der Waals surface area contributed by atoms with E-state index in [0.717, 1.165) is 84.5 Å². The number of amides is 1. The number of carbonyl (C=O) groups is 1. The molecule has 4 rings (SSSR count). The topological polar surface area (TPSA) is 85.8 Å². The summed E-state index contributed by atoms with van der Waals surface area (Å²) in [6, 6.07) is 8.56. The molecule has 0 bridgehead atoms. The van der Waals surface area contributed by atoms with E-state index in [9.17, 15) is 4.79 Å². The quantitative estimate of drug-likeness (QED) is 0.341. The number of fused-ring (bicyclic) bond motifs is 3. The number of nitrogen functional groups attached to an aromatic ring is 1. The van der Waals surface area contributed by atoms with Crippen LogP contribution in [0.1, 0.15) is 95.0 Å². The summed E-state index contributed by atoms with van der Waals surface area (Å²) < 4.78 is 2.34. The molecule has 0 unspecified atom stereocenters. The average Bonchev–Trinajstić information content (AvgIpc) is 3.26. The first-order valence-corrected chi connectivity index (χ1v) is 13.8. The molecule has 6 nitrogen and oxygen atoms in total. The maximum Gasteiger partial charge on any atom is 0.220 e. The maximum atomic E-state index is 12.2. The molecule has 0 fully saturated rings. The number of anilines is 1. The molecule has 2 aromatic heterocycles. The SMILES string of the molecule is CCCCCCCC(=O)NCc1ccc(Cn2c(CCCC)nc3c(N)nc4c(c32)=CCCC=4)cc1. The molecular weight excluding hydrogens is 446 g/mol. The van der Waals surface area contributed by atoms with Crippen LogP contribution in [0.15, 0.2) is 24.3 Å². The normalized spacial score (nSPS) is 12.7. The van der Waals surface area contributed by atoms with E-state index >= 15 is 0 Å². The van der Waals surface area contributed by atoms with E-state index < -0.39 is 0 Å². The Labute approximate surface area is 214 Å². The predicted molar refractivity (Wildman–Crippen MR) is 149 cm³/mol. The summed E-state index contributed by atoms with van der Waals surface area (Å²) in [6.45, 7) is 5.73. The molecule has 2 heterocycles. The van der Waals surface area contributed by atoms with Gasteiger partial charge in [-0.25, -0.2) is 9.97 Å². The molecule has 3 aromatic rings. The molecule has 3 N–H and O–H groups in total. The standard InChI is InChI=1S/C30H41N5O/c1-3-5-7-8-9-15-27(36)32-20-22-16-18-23(19-17-22)21-35-26(14-6-4-2)34-28-29(35)24-12-10-11-13-25(24)33-30(28)31/h12-13,16-19H,3-11,14-15,20-21H2,1-2H3,(H2,31,33)(H,32,36). The Morgan fingerprint density at radius 3 is 2.44 bits per heavy atom. The van der Waals surface area contributed by atoms with Gasteiger partial charge in [-0.15, -0.1) is 0 Å². The van der Waals surface area contributed by atoms with Crippen molar-refractivity contribution in [1.29, 1.82) is 0 Å². The number of hydrogen-bond donors (Lipinski definition) is 2. The van der Waals surface area contributed by atoms with Crippen LogP contribution in [-0.2, 0) is 24.3 Å². The Hall–Kier alpha value is -3.15. The third kappa shape index (κ3) is 6.34. The maximum absolute atomic E-state index is 12.2. The molecule has 1 aliphatic carbocycles. The largest absolute Gasteiger partial charge is 0.382 e. The van der Waals surface area contributed by atoms with Gasteiger partial charge < -0.3 is 15.6 Å². The number of aryl methyl sites for hydroxylation is 1. The molecule has 1 amide bonds. The minimum atomic E-state index is 0.144. The van der Waals surface area contributed by atoms with Gasteiger partial charge in [-0.1, -0.05) is 82.4 Å². The zero-order chi connectivity index (χ0) is 25.3. The second-order valence-corrected chi connectivity index (χ2v) is 9.95. The van der Waals surface area contributed by atoms with Crippen molar-refractivity contribution in [3.8, 4) is 0 Å². The molecule has 1 aromatic carbocycles. The fourth-order valence-corrected chi connectivity index (χ4v) is 4.94. The number of nitrogens with one attached hydrogen (secondary N) is 1. The molecule has 0 radical (unpaired) electrons. The van der Waals surface area contributed by atoms with Gasteiger partial charge in [0.1, 0.15) is 11.3 Å². The van der Waals surface area contributed by atoms with E-state index in [1.54, 1.807) is 0 Å². The van der Waals surface area contributed by atoms with Gasteiger partial charge in [0.25, 0.3) is 0 Å². The van der Waals surface area contributed by atoms with Crippen molar-refractivity contribution >= 4 is 34.9 Å². The van der Waals surface area contributed by atoms with Crippen molar-refractivity contribution in [2.75, 3.05) is 5.73 Å². The number of unbranched alkanes of at least 4 members (excludes halogenated alkanes) is 5. The fourth-order valence-electron chi connectivity index (χ4n) is 4.94. The lowest BCUT2D eigenvalue weighted by Crippen LogP contribution is -2.33. The monoisotopic (exact) mass is 487 g/mol. The van der Waals surface area contributed by atoms with Crippen LogP contribution in [-0.4, -0.2) is 20.4 Å². The number of nitrogens with zero attached hydrogens (tertiary/aromatic N) is 3. The summed E-state index contributed by atoms with van der Waals surface area (Å²) >= 11 is 0. The van der Waals surface area contributed by atoms with Crippen LogP contribution in [0.2, 0.25) is 0 Å². The van der Waals surface area contributed by atoms with Gasteiger partial charge in [0.05, 0.1) is 10.9 Å². The number of imidazole rings is 1. The molecule has 36 heavy (non-hydrogen) atoms. The molecule has 0 atom stereocenters. The van der Waals surface area contributed by atoms with E-state index in [4.69, 9.17) is 10.7 Å². The third-order valence-corrected chi connectivity index (χ3v) is 7.03. The van der Waals surface area contributed by atoms with E-state index in [1.165, 1.54) is 24.8 Å². The average molecular weight is 488 g/mol. The molecule has 0 saturated carbocycles. The van der Waals surface area contributed by atoms with Crippen molar-refractivity contribution in [2.24, 2.45) is 0 Å². The summed E-state index contributed by atoms with van der Waals surface area (Å²) in [5.41, 5.74) is 10.6.